The molecule has 1 fully saturated rings. The molecule has 0 aliphatic carbocycles. The van der Waals surface area contributed by atoms with E-state index in [1.54, 1.807) is 25.2 Å². The van der Waals surface area contributed by atoms with Crippen molar-refractivity contribution < 1.29 is 14.5 Å². The number of nitro groups is 1. The van der Waals surface area contributed by atoms with E-state index in [2.05, 4.69) is 5.32 Å². The van der Waals surface area contributed by atoms with Gasteiger partial charge in [-0.1, -0.05) is 29.8 Å². The lowest BCUT2D eigenvalue weighted by atomic mass is 10.2. The Morgan fingerprint density at radius 2 is 1.71 bits per heavy atom. The minimum absolute atomic E-state index is 0.0249. The molecule has 0 atom stereocenters. The Balaban J connectivity index is 1.46. The number of carbonyl (C=O) groups is 2. The van der Waals surface area contributed by atoms with Gasteiger partial charge < -0.3 is 15.1 Å². The molecule has 2 aromatic rings. The highest BCUT2D eigenvalue weighted by atomic mass is 16.6. The first-order chi connectivity index (χ1) is 14.8. The first-order valence-corrected chi connectivity index (χ1v) is 10.1. The maximum Gasteiger partial charge on any atom is 0.292 e. The summed E-state index contributed by atoms with van der Waals surface area (Å²) >= 11 is 0. The van der Waals surface area contributed by atoms with E-state index < -0.39 is 0 Å². The normalized spacial score (nSPS) is 14.2. The summed E-state index contributed by atoms with van der Waals surface area (Å²) in [7, 11) is 1.61. The number of nitro benzene ring substituents is 1. The molecule has 0 aromatic heterocycles. The number of nitrogens with one attached hydrogen (secondary N) is 1. The van der Waals surface area contributed by atoms with Gasteiger partial charge in [-0.2, -0.15) is 0 Å². The van der Waals surface area contributed by atoms with E-state index >= 15 is 0 Å². The summed E-state index contributed by atoms with van der Waals surface area (Å²) < 4.78 is 0. The minimum Gasteiger partial charge on any atom is -0.363 e. The van der Waals surface area contributed by atoms with Gasteiger partial charge in [-0.15, -0.1) is 0 Å². The number of aryl methyl sites for hydroxylation is 1. The second kappa shape index (κ2) is 10.0. The maximum atomic E-state index is 12.5. The van der Waals surface area contributed by atoms with Crippen LogP contribution in [0.1, 0.15) is 5.56 Å². The minimum atomic E-state index is -0.373. The van der Waals surface area contributed by atoms with Crippen molar-refractivity contribution in [3.05, 3.63) is 64.2 Å². The number of para-hydroxylation sites is 2. The monoisotopic (exact) mass is 425 g/mol. The summed E-state index contributed by atoms with van der Waals surface area (Å²) in [4.78, 5) is 41.0. The van der Waals surface area contributed by atoms with Crippen LogP contribution in [-0.2, 0) is 9.59 Å². The number of piperazine rings is 1. The Kier molecular flexibility index (Phi) is 7.19. The number of amides is 2. The first kappa shape index (κ1) is 22.2. The van der Waals surface area contributed by atoms with Gasteiger partial charge in [0.2, 0.25) is 11.8 Å². The average Bonchev–Trinajstić information content (AvgIpc) is 2.75. The quantitative estimate of drug-likeness (QED) is 0.539. The van der Waals surface area contributed by atoms with Crippen molar-refractivity contribution in [2.45, 2.75) is 6.92 Å². The van der Waals surface area contributed by atoms with Crippen LogP contribution < -0.4 is 10.2 Å². The van der Waals surface area contributed by atoms with E-state index in [-0.39, 0.29) is 35.5 Å². The third-order valence-electron chi connectivity index (χ3n) is 5.29. The van der Waals surface area contributed by atoms with Gasteiger partial charge >= 0.3 is 0 Å². The van der Waals surface area contributed by atoms with E-state index in [0.717, 1.165) is 5.56 Å². The standard InChI is InChI=1S/C22H27N5O4/c1-17-7-9-18(10-8-17)23-21(28)15-24(2)22(29)16-25-11-13-26(14-12-25)19-5-3-4-6-20(19)27(30)31/h3-10H,11-16H2,1-2H3,(H,23,28). The number of carbonyl (C=O) groups excluding carboxylic acids is 2. The molecule has 1 aliphatic heterocycles. The van der Waals surface area contributed by atoms with Gasteiger partial charge in [0, 0.05) is 45.0 Å². The molecule has 9 heteroatoms. The molecular formula is C22H27N5O4. The van der Waals surface area contributed by atoms with Gasteiger partial charge in [-0.3, -0.25) is 24.6 Å². The molecule has 0 saturated carbocycles. The highest BCUT2D eigenvalue weighted by Gasteiger charge is 2.25. The van der Waals surface area contributed by atoms with Crippen LogP contribution in [0.3, 0.4) is 0 Å². The number of benzene rings is 2. The molecule has 3 rings (SSSR count). The second-order valence-electron chi connectivity index (χ2n) is 7.67. The molecule has 1 saturated heterocycles. The number of anilines is 2. The molecule has 9 nitrogen and oxygen atoms in total. The van der Waals surface area contributed by atoms with Crippen molar-refractivity contribution in [1.82, 2.24) is 9.80 Å². The molecule has 0 unspecified atom stereocenters. The zero-order chi connectivity index (χ0) is 22.4. The molecule has 31 heavy (non-hydrogen) atoms. The summed E-state index contributed by atoms with van der Waals surface area (Å²) in [6.07, 6.45) is 0. The van der Waals surface area contributed by atoms with Crippen molar-refractivity contribution in [3.63, 3.8) is 0 Å². The summed E-state index contributed by atoms with van der Waals surface area (Å²) in [5.74, 6) is -0.390. The molecule has 164 valence electrons. The Hall–Kier alpha value is -3.46. The molecule has 1 N–H and O–H groups in total. The van der Waals surface area contributed by atoms with E-state index in [9.17, 15) is 19.7 Å². The van der Waals surface area contributed by atoms with Crippen LogP contribution in [0.15, 0.2) is 48.5 Å². The summed E-state index contributed by atoms with van der Waals surface area (Å²) in [6.45, 7) is 4.56. The van der Waals surface area contributed by atoms with E-state index in [4.69, 9.17) is 0 Å². The first-order valence-electron chi connectivity index (χ1n) is 10.1. The molecular weight excluding hydrogens is 398 g/mol. The van der Waals surface area contributed by atoms with Crippen LogP contribution in [0.4, 0.5) is 17.1 Å². The van der Waals surface area contributed by atoms with Crippen molar-refractivity contribution in [1.29, 1.82) is 0 Å². The average molecular weight is 425 g/mol. The van der Waals surface area contributed by atoms with Gasteiger partial charge in [0.05, 0.1) is 18.0 Å². The number of nitrogens with zero attached hydrogens (tertiary/aromatic N) is 4. The molecule has 1 aliphatic rings. The van der Waals surface area contributed by atoms with Gasteiger partial charge in [0.1, 0.15) is 5.69 Å². The maximum absolute atomic E-state index is 12.5. The molecule has 0 spiro atoms. The predicted octanol–water partition coefficient (Wildman–Crippen LogP) is 2.12. The van der Waals surface area contributed by atoms with Crippen LogP contribution >= 0.6 is 0 Å². The van der Waals surface area contributed by atoms with E-state index in [1.165, 1.54) is 11.0 Å². The van der Waals surface area contributed by atoms with Crippen molar-refractivity contribution in [2.24, 2.45) is 0 Å². The molecule has 0 radical (unpaired) electrons. The Morgan fingerprint density at radius 1 is 1.06 bits per heavy atom. The lowest BCUT2D eigenvalue weighted by Crippen LogP contribution is -2.50. The number of hydrogen-bond acceptors (Lipinski definition) is 6. The highest BCUT2D eigenvalue weighted by molar-refractivity contribution is 5.94. The third-order valence-corrected chi connectivity index (χ3v) is 5.29. The Labute approximate surface area is 181 Å². The molecule has 2 aromatic carbocycles. The zero-order valence-electron chi connectivity index (χ0n) is 17.8. The van der Waals surface area contributed by atoms with E-state index in [1.807, 2.05) is 41.0 Å². The second-order valence-corrected chi connectivity index (χ2v) is 7.67. The van der Waals surface area contributed by atoms with Crippen molar-refractivity contribution in [3.8, 4) is 0 Å². The third kappa shape index (κ3) is 6.02. The summed E-state index contributed by atoms with van der Waals surface area (Å²) in [6, 6.07) is 14.2. The van der Waals surface area contributed by atoms with Crippen molar-refractivity contribution in [2.75, 3.05) is 56.5 Å². The lowest BCUT2D eigenvalue weighted by molar-refractivity contribution is -0.384. The van der Waals surface area contributed by atoms with Gasteiger partial charge in [-0.25, -0.2) is 0 Å². The largest absolute Gasteiger partial charge is 0.363 e. The highest BCUT2D eigenvalue weighted by Crippen LogP contribution is 2.28. The number of hydrogen-bond donors (Lipinski definition) is 1. The van der Waals surface area contributed by atoms with Gasteiger partial charge in [0.25, 0.3) is 5.69 Å². The van der Waals surface area contributed by atoms with Gasteiger partial charge in [0.15, 0.2) is 0 Å². The lowest BCUT2D eigenvalue weighted by Gasteiger charge is -2.35. The van der Waals surface area contributed by atoms with Crippen LogP contribution in [0.2, 0.25) is 0 Å². The topological polar surface area (TPSA) is 99.0 Å². The van der Waals surface area contributed by atoms with Gasteiger partial charge in [-0.05, 0) is 25.1 Å². The fourth-order valence-electron chi connectivity index (χ4n) is 3.49. The molecule has 0 bridgehead atoms. The fraction of sp³-hybridized carbons (Fsp3) is 0.364. The fourth-order valence-corrected chi connectivity index (χ4v) is 3.49. The van der Waals surface area contributed by atoms with Crippen LogP contribution in [0, 0.1) is 17.0 Å². The molecule has 2 amide bonds. The van der Waals surface area contributed by atoms with Crippen LogP contribution in [-0.4, -0.2) is 72.9 Å². The van der Waals surface area contributed by atoms with E-state index in [0.29, 0.717) is 37.6 Å². The number of likely N-dealkylation sites (N-methyl/N-ethyl adjacent to an activating group) is 1. The SMILES string of the molecule is Cc1ccc(NC(=O)CN(C)C(=O)CN2CCN(c3ccccc3[N+](=O)[O-])CC2)cc1. The Morgan fingerprint density at radius 3 is 2.35 bits per heavy atom. The van der Waals surface area contributed by atoms with Crippen LogP contribution in [0.25, 0.3) is 0 Å². The smallest absolute Gasteiger partial charge is 0.292 e. The predicted molar refractivity (Wildman–Crippen MR) is 119 cm³/mol. The molecule has 1 heterocycles. The number of rotatable bonds is 7. The zero-order valence-corrected chi connectivity index (χ0v) is 17.8. The Bertz CT molecular complexity index is 939. The summed E-state index contributed by atoms with van der Waals surface area (Å²) in [5.41, 5.74) is 2.49. The summed E-state index contributed by atoms with van der Waals surface area (Å²) in [5, 5.41) is 14.0. The van der Waals surface area contributed by atoms with Crippen molar-refractivity contribution >= 4 is 28.9 Å². The van der Waals surface area contributed by atoms with Crippen LogP contribution in [0.5, 0.6) is 0 Å².